The standard InChI is InChI=1S/C21H14Cl2N8O2/c1-33-31-19-12(9-14(20(31)32)17-15(22)6-3-7-16(17)23)10-24-21(26-19)25-13-5-2-4-11(8-13)18-27-29-30-28-18/h2-10H,1H3,(H,24,25,26)(H,27,28,29,30). The summed E-state index contributed by atoms with van der Waals surface area (Å²) < 4.78 is 1.08. The molecular formula is C21H14Cl2N8O2. The van der Waals surface area contributed by atoms with Crippen molar-refractivity contribution in [2.45, 2.75) is 0 Å². The lowest BCUT2D eigenvalue weighted by Gasteiger charge is -2.13. The maximum Gasteiger partial charge on any atom is 0.293 e. The summed E-state index contributed by atoms with van der Waals surface area (Å²) in [4.78, 5) is 27.4. The molecule has 0 aliphatic carbocycles. The van der Waals surface area contributed by atoms with Gasteiger partial charge in [0.15, 0.2) is 5.65 Å². The summed E-state index contributed by atoms with van der Waals surface area (Å²) in [5, 5.41) is 18.3. The lowest BCUT2D eigenvalue weighted by atomic mass is 10.1. The fourth-order valence-corrected chi connectivity index (χ4v) is 3.98. The monoisotopic (exact) mass is 480 g/mol. The molecular weight excluding hydrogens is 467 g/mol. The summed E-state index contributed by atoms with van der Waals surface area (Å²) in [6.45, 7) is 0. The molecule has 12 heteroatoms. The Morgan fingerprint density at radius 1 is 1.09 bits per heavy atom. The van der Waals surface area contributed by atoms with Crippen LogP contribution in [0.5, 0.6) is 0 Å². The Morgan fingerprint density at radius 2 is 1.88 bits per heavy atom. The molecule has 0 spiro atoms. The summed E-state index contributed by atoms with van der Waals surface area (Å²) in [5.41, 5.74) is 1.97. The number of anilines is 2. The van der Waals surface area contributed by atoms with Gasteiger partial charge in [-0.05, 0) is 35.5 Å². The molecule has 0 unspecified atom stereocenters. The molecule has 0 fully saturated rings. The molecule has 10 nitrogen and oxygen atoms in total. The highest BCUT2D eigenvalue weighted by molar-refractivity contribution is 6.39. The zero-order valence-electron chi connectivity index (χ0n) is 17.0. The van der Waals surface area contributed by atoms with E-state index in [1.54, 1.807) is 30.5 Å². The number of pyridine rings is 1. The van der Waals surface area contributed by atoms with Gasteiger partial charge in [-0.1, -0.05) is 41.4 Å². The third kappa shape index (κ3) is 3.86. The van der Waals surface area contributed by atoms with Crippen LogP contribution in [-0.4, -0.2) is 42.4 Å². The Morgan fingerprint density at radius 3 is 2.61 bits per heavy atom. The lowest BCUT2D eigenvalue weighted by Crippen LogP contribution is -2.27. The van der Waals surface area contributed by atoms with Crippen molar-refractivity contribution in [1.82, 2.24) is 35.3 Å². The topological polar surface area (TPSA) is 124 Å². The smallest absolute Gasteiger partial charge is 0.293 e. The Kier molecular flexibility index (Phi) is 5.37. The molecule has 3 heterocycles. The summed E-state index contributed by atoms with van der Waals surface area (Å²) in [5.74, 6) is 0.721. The minimum absolute atomic E-state index is 0.265. The zero-order chi connectivity index (χ0) is 22.9. The van der Waals surface area contributed by atoms with Crippen LogP contribution in [0.2, 0.25) is 10.0 Å². The molecule has 0 saturated carbocycles. The van der Waals surface area contributed by atoms with Crippen LogP contribution >= 0.6 is 23.2 Å². The molecule has 3 aromatic heterocycles. The third-order valence-corrected chi connectivity index (χ3v) is 5.47. The van der Waals surface area contributed by atoms with Crippen LogP contribution in [0, 0.1) is 0 Å². The third-order valence-electron chi connectivity index (χ3n) is 4.84. The number of hydrogen-bond acceptors (Lipinski definition) is 8. The quantitative estimate of drug-likeness (QED) is 0.389. The van der Waals surface area contributed by atoms with Crippen LogP contribution in [0.15, 0.2) is 59.5 Å². The molecule has 164 valence electrons. The second kappa shape index (κ2) is 8.49. The molecule has 0 radical (unpaired) electrons. The number of H-pyrrole nitrogens is 1. The van der Waals surface area contributed by atoms with E-state index in [-0.39, 0.29) is 17.2 Å². The van der Waals surface area contributed by atoms with Crippen molar-refractivity contribution in [3.05, 3.63) is 75.1 Å². The van der Waals surface area contributed by atoms with E-state index >= 15 is 0 Å². The number of aromatic amines is 1. The lowest BCUT2D eigenvalue weighted by molar-refractivity contribution is 0.168. The Balaban J connectivity index is 1.58. The van der Waals surface area contributed by atoms with Gasteiger partial charge in [0.2, 0.25) is 11.8 Å². The van der Waals surface area contributed by atoms with E-state index < -0.39 is 5.56 Å². The first-order valence-electron chi connectivity index (χ1n) is 9.57. The Hall–Kier alpha value is -4.02. The van der Waals surface area contributed by atoms with Crippen LogP contribution in [0.3, 0.4) is 0 Å². The van der Waals surface area contributed by atoms with Crippen molar-refractivity contribution >= 4 is 45.9 Å². The number of halogens is 2. The van der Waals surface area contributed by atoms with Gasteiger partial charge in [0.1, 0.15) is 7.11 Å². The highest BCUT2D eigenvalue weighted by Crippen LogP contribution is 2.33. The van der Waals surface area contributed by atoms with E-state index in [4.69, 9.17) is 28.0 Å². The van der Waals surface area contributed by atoms with Crippen LogP contribution in [0.25, 0.3) is 33.5 Å². The number of rotatable bonds is 5. The fourth-order valence-electron chi connectivity index (χ4n) is 3.38. The molecule has 2 aromatic carbocycles. The van der Waals surface area contributed by atoms with Gasteiger partial charge in [0.25, 0.3) is 5.56 Å². The van der Waals surface area contributed by atoms with Gasteiger partial charge in [-0.15, -0.1) is 14.9 Å². The average Bonchev–Trinajstić information content (AvgIpc) is 3.35. The van der Waals surface area contributed by atoms with Crippen molar-refractivity contribution < 1.29 is 4.84 Å². The number of hydrogen-bond donors (Lipinski definition) is 2. The number of benzene rings is 2. The maximum atomic E-state index is 13.2. The summed E-state index contributed by atoms with van der Waals surface area (Å²) in [6.07, 6.45) is 1.58. The van der Waals surface area contributed by atoms with Gasteiger partial charge in [-0.3, -0.25) is 4.79 Å². The first kappa shape index (κ1) is 20.9. The van der Waals surface area contributed by atoms with Gasteiger partial charge < -0.3 is 10.2 Å². The number of aromatic nitrogens is 7. The van der Waals surface area contributed by atoms with Gasteiger partial charge >= 0.3 is 0 Å². The number of tetrazole rings is 1. The van der Waals surface area contributed by atoms with Crippen molar-refractivity contribution in [1.29, 1.82) is 0 Å². The number of fused-ring (bicyclic) bond motifs is 1. The summed E-state index contributed by atoms with van der Waals surface area (Å²) in [6, 6.07) is 14.0. The van der Waals surface area contributed by atoms with Crippen molar-refractivity contribution in [3.8, 4) is 22.5 Å². The van der Waals surface area contributed by atoms with Gasteiger partial charge in [0, 0.05) is 28.4 Å². The van der Waals surface area contributed by atoms with Crippen LogP contribution in [0.4, 0.5) is 11.6 Å². The van der Waals surface area contributed by atoms with Crippen LogP contribution in [0.1, 0.15) is 0 Å². The predicted octanol–water partition coefficient (Wildman–Crippen LogP) is 3.75. The van der Waals surface area contributed by atoms with Gasteiger partial charge in [0.05, 0.1) is 15.6 Å². The normalized spacial score (nSPS) is 11.0. The first-order chi connectivity index (χ1) is 16.0. The number of nitrogens with one attached hydrogen (secondary N) is 2. The minimum Gasteiger partial charge on any atom is -0.412 e. The van der Waals surface area contributed by atoms with E-state index in [1.807, 2.05) is 24.3 Å². The molecule has 0 amide bonds. The van der Waals surface area contributed by atoms with E-state index in [0.717, 1.165) is 10.3 Å². The molecule has 5 aromatic rings. The minimum atomic E-state index is -0.455. The van der Waals surface area contributed by atoms with Crippen LogP contribution < -0.4 is 15.7 Å². The molecule has 33 heavy (non-hydrogen) atoms. The predicted molar refractivity (Wildman–Crippen MR) is 125 cm³/mol. The van der Waals surface area contributed by atoms with Crippen molar-refractivity contribution in [2.75, 3.05) is 12.4 Å². The molecule has 2 N–H and O–H groups in total. The van der Waals surface area contributed by atoms with Gasteiger partial charge in [-0.2, -0.15) is 10.2 Å². The van der Waals surface area contributed by atoms with Crippen LogP contribution in [-0.2, 0) is 0 Å². The van der Waals surface area contributed by atoms with E-state index in [2.05, 4.69) is 35.9 Å². The Bertz CT molecular complexity index is 1520. The molecule has 5 rings (SSSR count). The first-order valence-corrected chi connectivity index (χ1v) is 10.3. The SMILES string of the molecule is COn1c(=O)c(-c2c(Cl)cccc2Cl)cc2cnc(Nc3cccc(-c4nn[nH]n4)c3)nc21. The Labute approximate surface area is 196 Å². The fraction of sp³-hybridized carbons (Fsp3) is 0.0476. The summed E-state index contributed by atoms with van der Waals surface area (Å²) >= 11 is 12.6. The average molecular weight is 481 g/mol. The highest BCUT2D eigenvalue weighted by atomic mass is 35.5. The second-order valence-corrected chi connectivity index (χ2v) is 7.66. The van der Waals surface area contributed by atoms with Gasteiger partial charge in [-0.25, -0.2) is 4.98 Å². The largest absolute Gasteiger partial charge is 0.412 e. The zero-order valence-corrected chi connectivity index (χ0v) is 18.5. The molecule has 0 bridgehead atoms. The van der Waals surface area contributed by atoms with E-state index in [1.165, 1.54) is 7.11 Å². The van der Waals surface area contributed by atoms with Crippen molar-refractivity contribution in [2.24, 2.45) is 0 Å². The molecule has 0 atom stereocenters. The summed E-state index contributed by atoms with van der Waals surface area (Å²) in [7, 11) is 1.38. The molecule has 0 aliphatic heterocycles. The highest BCUT2D eigenvalue weighted by Gasteiger charge is 2.18. The maximum absolute atomic E-state index is 13.2. The second-order valence-electron chi connectivity index (χ2n) is 6.85. The van der Waals surface area contributed by atoms with E-state index in [9.17, 15) is 4.79 Å². The number of nitrogens with zero attached hydrogens (tertiary/aromatic N) is 6. The van der Waals surface area contributed by atoms with Crippen molar-refractivity contribution in [3.63, 3.8) is 0 Å². The van der Waals surface area contributed by atoms with E-state index in [0.29, 0.717) is 32.5 Å². The molecule has 0 aliphatic rings. The molecule has 0 saturated heterocycles.